The van der Waals surface area contributed by atoms with Crippen molar-refractivity contribution in [2.24, 2.45) is 5.92 Å². The van der Waals surface area contributed by atoms with Crippen LogP contribution >= 0.6 is 0 Å². The average Bonchev–Trinajstić information content (AvgIpc) is 2.75. The number of nitrogens with one attached hydrogen (secondary N) is 1. The maximum atomic E-state index is 11.1. The van der Waals surface area contributed by atoms with E-state index in [0.29, 0.717) is 11.7 Å². The summed E-state index contributed by atoms with van der Waals surface area (Å²) >= 11 is 0. The molecule has 1 saturated carbocycles. The number of ketones is 1. The molecule has 13 heavy (non-hydrogen) atoms. The highest BCUT2D eigenvalue weighted by molar-refractivity contribution is 5.78. The number of nitrogens with zero attached hydrogens (tertiary/aromatic N) is 1. The summed E-state index contributed by atoms with van der Waals surface area (Å²) in [6.45, 7) is 1.69. The molecule has 3 nitrogen and oxygen atoms in total. The highest BCUT2D eigenvalue weighted by atomic mass is 16.1. The van der Waals surface area contributed by atoms with Crippen molar-refractivity contribution >= 4 is 5.78 Å². The molecule has 0 aliphatic heterocycles. The minimum absolute atomic E-state index is 0.285. The van der Waals surface area contributed by atoms with Gasteiger partial charge in [-0.3, -0.25) is 9.89 Å². The Morgan fingerprint density at radius 3 is 3.00 bits per heavy atom. The van der Waals surface area contributed by atoms with Gasteiger partial charge in [0.25, 0.3) is 0 Å². The Kier molecular flexibility index (Phi) is 2.17. The van der Waals surface area contributed by atoms with Gasteiger partial charge in [-0.25, -0.2) is 0 Å². The molecule has 70 valence electrons. The van der Waals surface area contributed by atoms with E-state index in [2.05, 4.69) is 10.2 Å². The van der Waals surface area contributed by atoms with Gasteiger partial charge in [0.2, 0.25) is 0 Å². The number of hydrogen-bond donors (Lipinski definition) is 1. The zero-order valence-electron chi connectivity index (χ0n) is 7.79. The van der Waals surface area contributed by atoms with Crippen LogP contribution in [0.2, 0.25) is 0 Å². The van der Waals surface area contributed by atoms with E-state index in [1.54, 1.807) is 13.1 Å². The van der Waals surface area contributed by atoms with E-state index in [4.69, 9.17) is 0 Å². The Balaban J connectivity index is 2.03. The number of rotatable bonds is 2. The Morgan fingerprint density at radius 1 is 1.62 bits per heavy atom. The van der Waals surface area contributed by atoms with E-state index in [9.17, 15) is 4.79 Å². The summed E-state index contributed by atoms with van der Waals surface area (Å²) in [4.78, 5) is 11.1. The second kappa shape index (κ2) is 3.32. The summed E-state index contributed by atoms with van der Waals surface area (Å²) in [7, 11) is 0. The van der Waals surface area contributed by atoms with E-state index in [-0.39, 0.29) is 5.92 Å². The minimum Gasteiger partial charge on any atom is -0.300 e. The zero-order chi connectivity index (χ0) is 9.26. The van der Waals surface area contributed by atoms with Crippen LogP contribution < -0.4 is 0 Å². The van der Waals surface area contributed by atoms with E-state index in [0.717, 1.165) is 19.3 Å². The van der Waals surface area contributed by atoms with Crippen LogP contribution in [0.3, 0.4) is 0 Å². The molecule has 3 heteroatoms. The molecule has 0 amide bonds. The monoisotopic (exact) mass is 178 g/mol. The molecule has 0 saturated heterocycles. The van der Waals surface area contributed by atoms with Crippen LogP contribution in [0.1, 0.15) is 37.8 Å². The summed E-state index contributed by atoms with van der Waals surface area (Å²) in [5.74, 6) is 1.15. The number of Topliss-reactive ketones (excluding diaryl/α,β-unsaturated/α-hetero) is 1. The van der Waals surface area contributed by atoms with E-state index in [1.165, 1.54) is 5.69 Å². The van der Waals surface area contributed by atoms with Crippen LogP contribution in [0.25, 0.3) is 0 Å². The normalized spacial score (nSPS) is 27.8. The molecular formula is C10H14N2O. The summed E-state index contributed by atoms with van der Waals surface area (Å²) in [6.07, 6.45) is 4.93. The molecule has 1 aliphatic rings. The van der Waals surface area contributed by atoms with Gasteiger partial charge in [0.15, 0.2) is 0 Å². The molecule has 0 aromatic carbocycles. The Labute approximate surface area is 77.5 Å². The molecule has 2 atom stereocenters. The Bertz CT molecular complexity index is 292. The molecule has 0 bridgehead atoms. The van der Waals surface area contributed by atoms with Crippen LogP contribution in [0.4, 0.5) is 0 Å². The van der Waals surface area contributed by atoms with Crippen molar-refractivity contribution in [1.29, 1.82) is 0 Å². The molecule has 1 heterocycles. The SMILES string of the molecule is CC(=O)C1CCC(c2ccn[nH]2)C1. The highest BCUT2D eigenvalue weighted by Crippen LogP contribution is 2.37. The standard InChI is InChI=1S/C10H14N2O/c1-7(13)8-2-3-9(6-8)10-4-5-11-12-10/h4-5,8-9H,2-3,6H2,1H3,(H,11,12). The maximum Gasteiger partial charge on any atom is 0.132 e. The molecular weight excluding hydrogens is 164 g/mol. The molecule has 1 N–H and O–H groups in total. The fraction of sp³-hybridized carbons (Fsp3) is 0.600. The summed E-state index contributed by atoms with van der Waals surface area (Å²) < 4.78 is 0. The van der Waals surface area contributed by atoms with Gasteiger partial charge in [0.05, 0.1) is 0 Å². The summed E-state index contributed by atoms with van der Waals surface area (Å²) in [6, 6.07) is 2.01. The first-order valence-corrected chi connectivity index (χ1v) is 4.77. The Hall–Kier alpha value is -1.12. The Morgan fingerprint density at radius 2 is 2.46 bits per heavy atom. The minimum atomic E-state index is 0.285. The number of carbonyl (C=O) groups excluding carboxylic acids is 1. The first kappa shape index (κ1) is 8.48. The largest absolute Gasteiger partial charge is 0.300 e. The molecule has 2 unspecified atom stereocenters. The van der Waals surface area contributed by atoms with Crippen molar-refractivity contribution in [3.05, 3.63) is 18.0 Å². The van der Waals surface area contributed by atoms with Gasteiger partial charge in [-0.05, 0) is 32.3 Å². The van der Waals surface area contributed by atoms with Gasteiger partial charge >= 0.3 is 0 Å². The van der Waals surface area contributed by atoms with Crippen LogP contribution in [0.15, 0.2) is 12.3 Å². The lowest BCUT2D eigenvalue weighted by molar-refractivity contribution is -0.120. The number of carbonyl (C=O) groups is 1. The number of aromatic amines is 1. The van der Waals surface area contributed by atoms with Gasteiger partial charge in [0, 0.05) is 23.7 Å². The summed E-state index contributed by atoms with van der Waals surface area (Å²) in [5, 5.41) is 6.90. The van der Waals surface area contributed by atoms with E-state index >= 15 is 0 Å². The smallest absolute Gasteiger partial charge is 0.132 e. The third-order valence-electron chi connectivity index (χ3n) is 2.97. The van der Waals surface area contributed by atoms with Gasteiger partial charge in [-0.1, -0.05) is 0 Å². The highest BCUT2D eigenvalue weighted by Gasteiger charge is 2.29. The van der Waals surface area contributed by atoms with Crippen LogP contribution in [0.5, 0.6) is 0 Å². The predicted molar refractivity (Wildman–Crippen MR) is 49.4 cm³/mol. The fourth-order valence-corrected chi connectivity index (χ4v) is 2.13. The van der Waals surface area contributed by atoms with Gasteiger partial charge in [-0.2, -0.15) is 5.10 Å². The van der Waals surface area contributed by atoms with Crippen LogP contribution in [-0.4, -0.2) is 16.0 Å². The average molecular weight is 178 g/mol. The molecule has 2 rings (SSSR count). The van der Waals surface area contributed by atoms with Gasteiger partial charge in [-0.15, -0.1) is 0 Å². The first-order chi connectivity index (χ1) is 6.27. The lowest BCUT2D eigenvalue weighted by Gasteiger charge is -2.06. The zero-order valence-corrected chi connectivity index (χ0v) is 7.79. The quantitative estimate of drug-likeness (QED) is 0.751. The van der Waals surface area contributed by atoms with Crippen molar-refractivity contribution in [2.45, 2.75) is 32.1 Å². The molecule has 0 spiro atoms. The number of aromatic nitrogens is 2. The molecule has 1 aromatic heterocycles. The maximum absolute atomic E-state index is 11.1. The first-order valence-electron chi connectivity index (χ1n) is 4.77. The lowest BCUT2D eigenvalue weighted by Crippen LogP contribution is -2.06. The number of H-pyrrole nitrogens is 1. The van der Waals surface area contributed by atoms with Crippen LogP contribution in [0, 0.1) is 5.92 Å². The molecule has 0 radical (unpaired) electrons. The predicted octanol–water partition coefficient (Wildman–Crippen LogP) is 1.88. The number of hydrogen-bond acceptors (Lipinski definition) is 2. The second-order valence-corrected chi connectivity index (χ2v) is 3.83. The van der Waals surface area contributed by atoms with Crippen molar-refractivity contribution in [1.82, 2.24) is 10.2 Å². The summed E-state index contributed by atoms with van der Waals surface area (Å²) in [5.41, 5.74) is 1.18. The topological polar surface area (TPSA) is 45.8 Å². The van der Waals surface area contributed by atoms with Crippen molar-refractivity contribution in [3.63, 3.8) is 0 Å². The molecule has 1 aromatic rings. The third kappa shape index (κ3) is 1.64. The van der Waals surface area contributed by atoms with Crippen molar-refractivity contribution < 1.29 is 4.79 Å². The molecule has 1 fully saturated rings. The van der Waals surface area contributed by atoms with Crippen molar-refractivity contribution in [2.75, 3.05) is 0 Å². The molecule has 1 aliphatic carbocycles. The van der Waals surface area contributed by atoms with E-state index < -0.39 is 0 Å². The third-order valence-corrected chi connectivity index (χ3v) is 2.97. The van der Waals surface area contributed by atoms with Gasteiger partial charge in [0.1, 0.15) is 5.78 Å². The van der Waals surface area contributed by atoms with Crippen molar-refractivity contribution in [3.8, 4) is 0 Å². The second-order valence-electron chi connectivity index (χ2n) is 3.83. The van der Waals surface area contributed by atoms with Gasteiger partial charge < -0.3 is 0 Å². The van der Waals surface area contributed by atoms with Crippen LogP contribution in [-0.2, 0) is 4.79 Å². The lowest BCUT2D eigenvalue weighted by atomic mass is 10.00. The van der Waals surface area contributed by atoms with E-state index in [1.807, 2.05) is 6.07 Å². The fourth-order valence-electron chi connectivity index (χ4n) is 2.13.